The number of anilines is 1. The Hall–Kier alpha value is -1.74. The second kappa shape index (κ2) is 5.27. The van der Waals surface area contributed by atoms with Crippen molar-refractivity contribution in [2.45, 2.75) is 19.9 Å². The van der Waals surface area contributed by atoms with E-state index in [2.05, 4.69) is 10.3 Å². The third kappa shape index (κ3) is 2.93. The Labute approximate surface area is 111 Å². The Balaban J connectivity index is 2.16. The molecule has 1 aromatic carbocycles. The summed E-state index contributed by atoms with van der Waals surface area (Å²) in [6.07, 6.45) is 1.70. The summed E-state index contributed by atoms with van der Waals surface area (Å²) in [5.74, 6) is 0.270. The van der Waals surface area contributed by atoms with Crippen molar-refractivity contribution in [2.75, 3.05) is 5.32 Å². The first-order valence-electron chi connectivity index (χ1n) is 5.74. The third-order valence-corrected chi connectivity index (χ3v) is 3.16. The number of aromatic hydroxyl groups is 1. The average molecular weight is 263 g/mol. The van der Waals surface area contributed by atoms with Crippen molar-refractivity contribution in [1.82, 2.24) is 4.98 Å². The molecule has 18 heavy (non-hydrogen) atoms. The van der Waals surface area contributed by atoms with E-state index in [0.29, 0.717) is 5.15 Å². The molecule has 1 unspecified atom stereocenters. The lowest BCUT2D eigenvalue weighted by Gasteiger charge is -2.16. The van der Waals surface area contributed by atoms with Gasteiger partial charge in [-0.3, -0.25) is 0 Å². The standard InChI is InChI=1S/C14H15ClN2O/c1-9-6-12(8-16-14(9)15)17-10(2)11-4-3-5-13(18)7-11/h3-8,10,17-18H,1-2H3. The molecule has 0 amide bonds. The molecule has 0 saturated carbocycles. The fourth-order valence-corrected chi connectivity index (χ4v) is 1.87. The molecule has 2 rings (SSSR count). The van der Waals surface area contributed by atoms with Crippen LogP contribution in [-0.2, 0) is 0 Å². The number of hydrogen-bond donors (Lipinski definition) is 2. The van der Waals surface area contributed by atoms with Gasteiger partial charge in [0.05, 0.1) is 11.9 Å². The Bertz CT molecular complexity index is 557. The molecule has 0 aliphatic heterocycles. The van der Waals surface area contributed by atoms with Crippen LogP contribution in [0.4, 0.5) is 5.69 Å². The van der Waals surface area contributed by atoms with Gasteiger partial charge in [-0.2, -0.15) is 0 Å². The van der Waals surface area contributed by atoms with Crippen LogP contribution in [0, 0.1) is 6.92 Å². The lowest BCUT2D eigenvalue weighted by atomic mass is 10.1. The molecule has 2 N–H and O–H groups in total. The van der Waals surface area contributed by atoms with Gasteiger partial charge in [-0.25, -0.2) is 4.98 Å². The molecule has 1 atom stereocenters. The maximum absolute atomic E-state index is 9.45. The summed E-state index contributed by atoms with van der Waals surface area (Å²) in [4.78, 5) is 4.10. The summed E-state index contributed by atoms with van der Waals surface area (Å²) in [5, 5.41) is 13.3. The van der Waals surface area contributed by atoms with E-state index in [1.165, 1.54) is 0 Å². The molecule has 3 nitrogen and oxygen atoms in total. The summed E-state index contributed by atoms with van der Waals surface area (Å²) < 4.78 is 0. The van der Waals surface area contributed by atoms with Crippen LogP contribution < -0.4 is 5.32 Å². The molecule has 0 bridgehead atoms. The van der Waals surface area contributed by atoms with Crippen LogP contribution >= 0.6 is 11.6 Å². The van der Waals surface area contributed by atoms with Gasteiger partial charge < -0.3 is 10.4 Å². The summed E-state index contributed by atoms with van der Waals surface area (Å²) in [5.41, 5.74) is 2.86. The quantitative estimate of drug-likeness (QED) is 0.824. The van der Waals surface area contributed by atoms with E-state index in [1.54, 1.807) is 18.3 Å². The Morgan fingerprint density at radius 2 is 2.11 bits per heavy atom. The predicted octanol–water partition coefficient (Wildman–Crippen LogP) is 3.92. The molecule has 0 spiro atoms. The predicted molar refractivity (Wildman–Crippen MR) is 74.1 cm³/mol. The molecule has 94 valence electrons. The van der Waals surface area contributed by atoms with Gasteiger partial charge in [0.1, 0.15) is 10.9 Å². The highest BCUT2D eigenvalue weighted by Gasteiger charge is 2.07. The van der Waals surface area contributed by atoms with Gasteiger partial charge in [-0.05, 0) is 43.2 Å². The first-order valence-corrected chi connectivity index (χ1v) is 6.11. The smallest absolute Gasteiger partial charge is 0.132 e. The molecular formula is C14H15ClN2O. The van der Waals surface area contributed by atoms with Crippen LogP contribution in [-0.4, -0.2) is 10.1 Å². The van der Waals surface area contributed by atoms with Crippen LogP contribution in [0.3, 0.4) is 0 Å². The average Bonchev–Trinajstić information content (AvgIpc) is 2.34. The Morgan fingerprint density at radius 1 is 1.33 bits per heavy atom. The summed E-state index contributed by atoms with van der Waals surface area (Å²) in [6, 6.07) is 9.23. The first kappa shape index (κ1) is 12.7. The number of rotatable bonds is 3. The van der Waals surface area contributed by atoms with E-state index in [9.17, 15) is 5.11 Å². The van der Waals surface area contributed by atoms with Crippen LogP contribution in [0.25, 0.3) is 0 Å². The van der Waals surface area contributed by atoms with Crippen LogP contribution in [0.5, 0.6) is 5.75 Å². The number of benzene rings is 1. The number of nitrogens with zero attached hydrogens (tertiary/aromatic N) is 1. The van der Waals surface area contributed by atoms with Crippen LogP contribution in [0.1, 0.15) is 24.1 Å². The minimum absolute atomic E-state index is 0.0828. The van der Waals surface area contributed by atoms with Crippen molar-refractivity contribution >= 4 is 17.3 Å². The fraction of sp³-hybridized carbons (Fsp3) is 0.214. The van der Waals surface area contributed by atoms with E-state index in [0.717, 1.165) is 16.8 Å². The number of aryl methyl sites for hydroxylation is 1. The van der Waals surface area contributed by atoms with Crippen LogP contribution in [0.15, 0.2) is 36.5 Å². The number of pyridine rings is 1. The Kier molecular flexibility index (Phi) is 3.72. The van der Waals surface area contributed by atoms with Gasteiger partial charge in [0.2, 0.25) is 0 Å². The van der Waals surface area contributed by atoms with Gasteiger partial charge in [-0.1, -0.05) is 23.7 Å². The molecule has 1 heterocycles. The van der Waals surface area contributed by atoms with Gasteiger partial charge in [0.15, 0.2) is 0 Å². The van der Waals surface area contributed by atoms with Crippen molar-refractivity contribution in [2.24, 2.45) is 0 Å². The van der Waals surface area contributed by atoms with Crippen molar-refractivity contribution in [3.63, 3.8) is 0 Å². The van der Waals surface area contributed by atoms with E-state index in [4.69, 9.17) is 11.6 Å². The third-order valence-electron chi connectivity index (χ3n) is 2.77. The van der Waals surface area contributed by atoms with Gasteiger partial charge in [0, 0.05) is 6.04 Å². The molecule has 0 aliphatic carbocycles. The van der Waals surface area contributed by atoms with E-state index in [1.807, 2.05) is 32.0 Å². The SMILES string of the molecule is Cc1cc(NC(C)c2cccc(O)c2)cnc1Cl. The maximum atomic E-state index is 9.45. The Morgan fingerprint density at radius 3 is 2.78 bits per heavy atom. The zero-order valence-corrected chi connectivity index (χ0v) is 11.1. The van der Waals surface area contributed by atoms with Gasteiger partial charge in [-0.15, -0.1) is 0 Å². The fourth-order valence-electron chi connectivity index (χ4n) is 1.76. The highest BCUT2D eigenvalue weighted by molar-refractivity contribution is 6.30. The topological polar surface area (TPSA) is 45.1 Å². The second-order valence-corrected chi connectivity index (χ2v) is 4.65. The number of phenols is 1. The molecule has 0 radical (unpaired) electrons. The number of hydrogen-bond acceptors (Lipinski definition) is 3. The van der Waals surface area contributed by atoms with E-state index >= 15 is 0 Å². The number of aromatic nitrogens is 1. The van der Waals surface area contributed by atoms with E-state index < -0.39 is 0 Å². The van der Waals surface area contributed by atoms with Crippen molar-refractivity contribution in [3.8, 4) is 5.75 Å². The summed E-state index contributed by atoms with van der Waals surface area (Å²) >= 11 is 5.88. The minimum atomic E-state index is 0.0828. The van der Waals surface area contributed by atoms with Gasteiger partial charge in [0.25, 0.3) is 0 Å². The van der Waals surface area contributed by atoms with Crippen LogP contribution in [0.2, 0.25) is 5.15 Å². The van der Waals surface area contributed by atoms with Crippen molar-refractivity contribution < 1.29 is 5.11 Å². The molecule has 0 fully saturated rings. The lowest BCUT2D eigenvalue weighted by Crippen LogP contribution is -2.06. The molecule has 2 aromatic rings. The first-order chi connectivity index (χ1) is 8.56. The number of phenolic OH excluding ortho intramolecular Hbond substituents is 1. The highest BCUT2D eigenvalue weighted by atomic mass is 35.5. The monoisotopic (exact) mass is 262 g/mol. The van der Waals surface area contributed by atoms with E-state index in [-0.39, 0.29) is 11.8 Å². The highest BCUT2D eigenvalue weighted by Crippen LogP contribution is 2.23. The zero-order valence-electron chi connectivity index (χ0n) is 10.3. The maximum Gasteiger partial charge on any atom is 0.132 e. The second-order valence-electron chi connectivity index (χ2n) is 4.29. The van der Waals surface area contributed by atoms with Crippen molar-refractivity contribution in [1.29, 1.82) is 0 Å². The molecule has 1 aromatic heterocycles. The normalized spacial score (nSPS) is 12.2. The number of nitrogens with one attached hydrogen (secondary N) is 1. The molecule has 4 heteroatoms. The summed E-state index contributed by atoms with van der Waals surface area (Å²) in [6.45, 7) is 3.94. The molecular weight excluding hydrogens is 248 g/mol. The van der Waals surface area contributed by atoms with Gasteiger partial charge >= 0.3 is 0 Å². The number of halogens is 1. The zero-order chi connectivity index (χ0) is 13.1. The summed E-state index contributed by atoms with van der Waals surface area (Å²) in [7, 11) is 0. The lowest BCUT2D eigenvalue weighted by molar-refractivity contribution is 0.474. The van der Waals surface area contributed by atoms with Crippen molar-refractivity contribution in [3.05, 3.63) is 52.8 Å². The molecule has 0 aliphatic rings. The minimum Gasteiger partial charge on any atom is -0.508 e. The largest absolute Gasteiger partial charge is 0.508 e. The molecule has 0 saturated heterocycles.